The Bertz CT molecular complexity index is 1540. The third kappa shape index (κ3) is 7.90. The molecular formula is C33H33FN4O3. The van der Waals surface area contributed by atoms with Crippen LogP contribution in [-0.4, -0.2) is 24.9 Å². The van der Waals surface area contributed by atoms with E-state index in [4.69, 9.17) is 9.68 Å². The molecule has 4 rings (SSSR count). The molecule has 0 bridgehead atoms. The van der Waals surface area contributed by atoms with Crippen molar-refractivity contribution in [2.24, 2.45) is 0 Å². The van der Waals surface area contributed by atoms with Gasteiger partial charge >= 0.3 is 0 Å². The summed E-state index contributed by atoms with van der Waals surface area (Å²) in [6, 6.07) is 24.7. The molecule has 4 aromatic rings. The number of halogens is 1. The summed E-state index contributed by atoms with van der Waals surface area (Å²) in [5.41, 5.74) is 4.14. The fourth-order valence-corrected chi connectivity index (χ4v) is 4.47. The van der Waals surface area contributed by atoms with E-state index < -0.39 is 17.8 Å². The van der Waals surface area contributed by atoms with Crippen molar-refractivity contribution in [1.82, 2.24) is 16.0 Å². The minimum atomic E-state index is -0.677. The molecule has 1 heterocycles. The average molecular weight is 553 g/mol. The van der Waals surface area contributed by atoms with Crippen LogP contribution >= 0.6 is 0 Å². The van der Waals surface area contributed by atoms with E-state index in [1.54, 1.807) is 36.4 Å². The van der Waals surface area contributed by atoms with Gasteiger partial charge in [-0.2, -0.15) is 5.26 Å². The number of nitrogens with one attached hydrogen (secondary N) is 3. The van der Waals surface area contributed by atoms with E-state index in [1.165, 1.54) is 30.3 Å². The molecule has 3 N–H and O–H groups in total. The number of nitrogens with zero attached hydrogens (tertiary/aromatic N) is 1. The molecule has 210 valence electrons. The first-order valence-electron chi connectivity index (χ1n) is 13.4. The minimum Gasteiger partial charge on any atom is -0.460 e. The molecule has 8 heteroatoms. The third-order valence-corrected chi connectivity index (χ3v) is 6.93. The Morgan fingerprint density at radius 1 is 1.00 bits per heavy atom. The van der Waals surface area contributed by atoms with Gasteiger partial charge < -0.3 is 20.4 Å². The molecule has 0 saturated carbocycles. The highest BCUT2D eigenvalue weighted by molar-refractivity contribution is 5.96. The zero-order valence-corrected chi connectivity index (χ0v) is 23.3. The number of hydrogen-bond acceptors (Lipinski definition) is 5. The quantitative estimate of drug-likeness (QED) is 0.225. The number of rotatable bonds is 11. The lowest BCUT2D eigenvalue weighted by Gasteiger charge is -2.19. The number of benzene rings is 3. The predicted octanol–water partition coefficient (Wildman–Crippen LogP) is 5.59. The van der Waals surface area contributed by atoms with Crippen LogP contribution in [-0.2, 0) is 17.8 Å². The first-order chi connectivity index (χ1) is 19.7. The van der Waals surface area contributed by atoms with Gasteiger partial charge in [0.2, 0.25) is 5.91 Å². The topological polar surface area (TPSA) is 107 Å². The summed E-state index contributed by atoms with van der Waals surface area (Å²) in [7, 11) is 1.52. The van der Waals surface area contributed by atoms with Crippen LogP contribution in [0.1, 0.15) is 57.8 Å². The second-order valence-corrected chi connectivity index (χ2v) is 10.0. The van der Waals surface area contributed by atoms with Gasteiger partial charge in [-0.1, -0.05) is 42.0 Å². The molecule has 0 aliphatic heterocycles. The van der Waals surface area contributed by atoms with E-state index in [0.29, 0.717) is 35.6 Å². The number of furan rings is 1. The standard InChI is InChI=1S/C33H33FN4O3/c1-21-4-10-25(11-5-21)22(2)37-20-28-13-15-31(41-28)26-12-14-30(34)29(17-26)33(40)38-27(18-32(39)36-3)16-23-6-8-24(19-35)9-7-23/h4-15,17,22,27,37H,16,18,20H2,1-3H3,(H,36,39)(H,38,40)/t22-,27-/m1/s1. The van der Waals surface area contributed by atoms with Gasteiger partial charge in [0.25, 0.3) is 5.91 Å². The number of carbonyl (C=O) groups is 2. The zero-order valence-electron chi connectivity index (χ0n) is 23.3. The Morgan fingerprint density at radius 3 is 2.41 bits per heavy atom. The molecular weight excluding hydrogens is 519 g/mol. The van der Waals surface area contributed by atoms with Gasteiger partial charge in [0.15, 0.2) is 0 Å². The van der Waals surface area contributed by atoms with E-state index in [-0.39, 0.29) is 23.9 Å². The van der Waals surface area contributed by atoms with Crippen molar-refractivity contribution in [3.63, 3.8) is 0 Å². The second kappa shape index (κ2) is 13.6. The van der Waals surface area contributed by atoms with Crippen LogP contribution in [0.15, 0.2) is 83.3 Å². The van der Waals surface area contributed by atoms with Crippen LogP contribution in [0, 0.1) is 24.1 Å². The lowest BCUT2D eigenvalue weighted by Crippen LogP contribution is -2.40. The lowest BCUT2D eigenvalue weighted by atomic mass is 10.0. The minimum absolute atomic E-state index is 0.0130. The molecule has 0 spiro atoms. The fourth-order valence-electron chi connectivity index (χ4n) is 4.47. The summed E-state index contributed by atoms with van der Waals surface area (Å²) in [5.74, 6) is -0.344. The third-order valence-electron chi connectivity index (χ3n) is 6.93. The van der Waals surface area contributed by atoms with Crippen LogP contribution in [0.3, 0.4) is 0 Å². The van der Waals surface area contributed by atoms with Crippen LogP contribution < -0.4 is 16.0 Å². The maximum Gasteiger partial charge on any atom is 0.254 e. The van der Waals surface area contributed by atoms with Crippen LogP contribution in [0.5, 0.6) is 0 Å². The smallest absolute Gasteiger partial charge is 0.254 e. The van der Waals surface area contributed by atoms with Gasteiger partial charge in [0, 0.05) is 31.1 Å². The van der Waals surface area contributed by atoms with Gasteiger partial charge in [-0.05, 0) is 73.9 Å². The highest BCUT2D eigenvalue weighted by Crippen LogP contribution is 2.25. The molecule has 41 heavy (non-hydrogen) atoms. The van der Waals surface area contributed by atoms with Crippen molar-refractivity contribution in [3.8, 4) is 17.4 Å². The highest BCUT2D eigenvalue weighted by Gasteiger charge is 2.21. The summed E-state index contributed by atoms with van der Waals surface area (Å²) in [6.07, 6.45) is 0.348. The van der Waals surface area contributed by atoms with Gasteiger partial charge in [-0.15, -0.1) is 0 Å². The first kappa shape index (κ1) is 29.2. The number of amides is 2. The predicted molar refractivity (Wildman–Crippen MR) is 155 cm³/mol. The van der Waals surface area contributed by atoms with Gasteiger partial charge in [-0.3, -0.25) is 9.59 Å². The molecule has 1 aromatic heterocycles. The maximum atomic E-state index is 14.8. The van der Waals surface area contributed by atoms with Crippen LogP contribution in [0.25, 0.3) is 11.3 Å². The van der Waals surface area contributed by atoms with Gasteiger partial charge in [0.05, 0.1) is 23.7 Å². The molecule has 0 aliphatic rings. The number of hydrogen-bond donors (Lipinski definition) is 3. The van der Waals surface area contributed by atoms with Crippen LogP contribution in [0.4, 0.5) is 4.39 Å². The van der Waals surface area contributed by atoms with Crippen molar-refractivity contribution < 1.29 is 18.4 Å². The summed E-state index contributed by atoms with van der Waals surface area (Å²) in [5, 5.41) is 17.8. The van der Waals surface area contributed by atoms with Gasteiger partial charge in [-0.25, -0.2) is 4.39 Å². The van der Waals surface area contributed by atoms with E-state index in [0.717, 1.165) is 5.56 Å². The Morgan fingerprint density at radius 2 is 1.73 bits per heavy atom. The molecule has 0 unspecified atom stereocenters. The van der Waals surface area contributed by atoms with Gasteiger partial charge in [0.1, 0.15) is 17.3 Å². The van der Waals surface area contributed by atoms with Crippen molar-refractivity contribution in [1.29, 1.82) is 5.26 Å². The Labute approximate surface area is 239 Å². The second-order valence-electron chi connectivity index (χ2n) is 10.0. The molecule has 2 amide bonds. The van der Waals surface area contributed by atoms with E-state index in [9.17, 15) is 14.0 Å². The normalized spacial score (nSPS) is 12.3. The average Bonchev–Trinajstić information content (AvgIpc) is 3.46. The largest absolute Gasteiger partial charge is 0.460 e. The van der Waals surface area contributed by atoms with E-state index in [1.807, 2.05) is 6.07 Å². The first-order valence-corrected chi connectivity index (χ1v) is 13.4. The molecule has 3 aromatic carbocycles. The Balaban J connectivity index is 1.45. The van der Waals surface area contributed by atoms with Crippen molar-refractivity contribution >= 4 is 11.8 Å². The SMILES string of the molecule is CNC(=O)C[C@@H](Cc1ccc(C#N)cc1)NC(=O)c1cc(-c2ccc(CN[C@H](C)c3ccc(C)cc3)o2)ccc1F. The fraction of sp³-hybridized carbons (Fsp3) is 0.242. The lowest BCUT2D eigenvalue weighted by molar-refractivity contribution is -0.121. The zero-order chi connectivity index (χ0) is 29.4. The number of nitriles is 1. The molecule has 0 saturated heterocycles. The van der Waals surface area contributed by atoms with Crippen molar-refractivity contribution in [3.05, 3.63) is 118 Å². The maximum absolute atomic E-state index is 14.8. The molecule has 2 atom stereocenters. The molecule has 0 fully saturated rings. The van der Waals surface area contributed by atoms with Crippen molar-refractivity contribution in [2.45, 2.75) is 45.3 Å². The molecule has 0 radical (unpaired) electrons. The summed E-state index contributed by atoms with van der Waals surface area (Å²) >= 11 is 0. The number of carbonyl (C=O) groups excluding carboxylic acids is 2. The Hall–Kier alpha value is -4.74. The van der Waals surface area contributed by atoms with E-state index >= 15 is 0 Å². The van der Waals surface area contributed by atoms with Crippen LogP contribution in [0.2, 0.25) is 0 Å². The monoisotopic (exact) mass is 552 g/mol. The molecule has 0 aliphatic carbocycles. The summed E-state index contributed by atoms with van der Waals surface area (Å²) in [6.45, 7) is 4.63. The molecule has 7 nitrogen and oxygen atoms in total. The highest BCUT2D eigenvalue weighted by atomic mass is 19.1. The summed E-state index contributed by atoms with van der Waals surface area (Å²) < 4.78 is 20.8. The van der Waals surface area contributed by atoms with Crippen molar-refractivity contribution in [2.75, 3.05) is 7.05 Å². The Kier molecular flexibility index (Phi) is 9.67. The summed E-state index contributed by atoms with van der Waals surface area (Å²) in [4.78, 5) is 25.3. The number of aryl methyl sites for hydroxylation is 1. The van der Waals surface area contributed by atoms with E-state index in [2.05, 4.69) is 60.1 Å².